The van der Waals surface area contributed by atoms with Gasteiger partial charge in [-0.2, -0.15) is 0 Å². The van der Waals surface area contributed by atoms with Crippen LogP contribution in [0.2, 0.25) is 0 Å². The van der Waals surface area contributed by atoms with Gasteiger partial charge in [0.25, 0.3) is 0 Å². The van der Waals surface area contributed by atoms with Crippen LogP contribution >= 0.6 is 0 Å². The zero-order valence-electron chi connectivity index (χ0n) is 11.9. The zero-order valence-corrected chi connectivity index (χ0v) is 12.7. The highest BCUT2D eigenvalue weighted by Gasteiger charge is 2.17. The summed E-state index contributed by atoms with van der Waals surface area (Å²) in [5.74, 6) is -0.463. The molecule has 7 heteroatoms. The van der Waals surface area contributed by atoms with Crippen molar-refractivity contribution < 1.29 is 22.4 Å². The predicted octanol–water partition coefficient (Wildman–Crippen LogP) is 2.22. The van der Waals surface area contributed by atoms with Crippen LogP contribution in [0, 0.1) is 0 Å². The molecule has 1 heterocycles. The highest BCUT2D eigenvalue weighted by molar-refractivity contribution is 7.90. The minimum absolute atomic E-state index is 0.145. The van der Waals surface area contributed by atoms with Crippen LogP contribution < -0.4 is 0 Å². The van der Waals surface area contributed by atoms with E-state index in [9.17, 15) is 13.2 Å². The van der Waals surface area contributed by atoms with Crippen molar-refractivity contribution in [1.82, 2.24) is 4.98 Å². The van der Waals surface area contributed by atoms with E-state index in [-0.39, 0.29) is 28.9 Å². The van der Waals surface area contributed by atoms with Crippen molar-refractivity contribution in [3.05, 3.63) is 54.3 Å². The summed E-state index contributed by atoms with van der Waals surface area (Å²) in [7, 11) is -3.49. The van der Waals surface area contributed by atoms with Gasteiger partial charge in [-0.1, -0.05) is 18.2 Å². The summed E-state index contributed by atoms with van der Waals surface area (Å²) in [6.07, 6.45) is 3.83. The number of ether oxygens (including phenoxy) is 1. The largest absolute Gasteiger partial charge is 0.463 e. The fraction of sp³-hybridized carbons (Fsp3) is 0.200. The van der Waals surface area contributed by atoms with Crippen molar-refractivity contribution in [3.63, 3.8) is 0 Å². The Bertz CT molecular complexity index is 762. The summed E-state index contributed by atoms with van der Waals surface area (Å²) < 4.78 is 34.4. The lowest BCUT2D eigenvalue weighted by molar-refractivity contribution is -0.137. The van der Waals surface area contributed by atoms with Crippen molar-refractivity contribution in [2.24, 2.45) is 0 Å². The van der Waals surface area contributed by atoms with Crippen molar-refractivity contribution in [2.45, 2.75) is 17.6 Å². The Morgan fingerprint density at radius 1 is 1.32 bits per heavy atom. The first-order valence-electron chi connectivity index (χ1n) is 6.58. The standard InChI is InChI=1S/C15H15NO5S/c1-2-20-15(17)9-8-14-16-10-12(21-14)11-22(18,19)13-6-4-3-5-7-13/h3-10H,2,11H2,1H3/b9-8+. The normalized spacial score (nSPS) is 11.7. The van der Waals surface area contributed by atoms with Gasteiger partial charge in [0.1, 0.15) is 11.5 Å². The third-order valence-corrected chi connectivity index (χ3v) is 4.31. The SMILES string of the molecule is CCOC(=O)/C=C/c1ncc(CS(=O)(=O)c2ccccc2)o1. The third kappa shape index (κ3) is 4.29. The highest BCUT2D eigenvalue weighted by atomic mass is 32.2. The van der Waals surface area contributed by atoms with Crippen LogP contribution in [0.15, 0.2) is 51.9 Å². The topological polar surface area (TPSA) is 86.5 Å². The molecule has 22 heavy (non-hydrogen) atoms. The summed E-state index contributed by atoms with van der Waals surface area (Å²) in [6.45, 7) is 1.97. The molecule has 0 radical (unpaired) electrons. The fourth-order valence-corrected chi connectivity index (χ4v) is 2.94. The summed E-state index contributed by atoms with van der Waals surface area (Å²) in [4.78, 5) is 15.3. The van der Waals surface area contributed by atoms with Crippen LogP contribution in [0.3, 0.4) is 0 Å². The lowest BCUT2D eigenvalue weighted by Gasteiger charge is -2.01. The van der Waals surface area contributed by atoms with Crippen LogP contribution in [0.1, 0.15) is 18.6 Å². The number of hydrogen-bond donors (Lipinski definition) is 0. The lowest BCUT2D eigenvalue weighted by Crippen LogP contribution is -2.03. The monoisotopic (exact) mass is 321 g/mol. The Morgan fingerprint density at radius 3 is 2.73 bits per heavy atom. The highest BCUT2D eigenvalue weighted by Crippen LogP contribution is 2.17. The van der Waals surface area contributed by atoms with E-state index >= 15 is 0 Å². The van der Waals surface area contributed by atoms with Crippen LogP contribution in [0.5, 0.6) is 0 Å². The van der Waals surface area contributed by atoms with E-state index in [1.54, 1.807) is 25.1 Å². The number of carbonyl (C=O) groups excluding carboxylic acids is 1. The number of benzene rings is 1. The Kier molecular flexibility index (Phi) is 5.11. The molecule has 116 valence electrons. The van der Waals surface area contributed by atoms with Gasteiger partial charge in [0.05, 0.1) is 17.7 Å². The first kappa shape index (κ1) is 16.0. The maximum Gasteiger partial charge on any atom is 0.330 e. The van der Waals surface area contributed by atoms with E-state index in [1.807, 2.05) is 0 Å². The quantitative estimate of drug-likeness (QED) is 0.599. The van der Waals surface area contributed by atoms with E-state index in [4.69, 9.17) is 9.15 Å². The number of carbonyl (C=O) groups is 1. The maximum atomic E-state index is 12.2. The van der Waals surface area contributed by atoms with Crippen LogP contribution in [-0.2, 0) is 25.1 Å². The van der Waals surface area contributed by atoms with Gasteiger partial charge in [-0.15, -0.1) is 0 Å². The van der Waals surface area contributed by atoms with Gasteiger partial charge in [-0.3, -0.25) is 0 Å². The first-order chi connectivity index (χ1) is 10.5. The molecule has 0 bridgehead atoms. The average Bonchev–Trinajstić information content (AvgIpc) is 2.93. The third-order valence-electron chi connectivity index (χ3n) is 2.65. The smallest absolute Gasteiger partial charge is 0.330 e. The van der Waals surface area contributed by atoms with Gasteiger partial charge in [0, 0.05) is 12.2 Å². The minimum atomic E-state index is -3.49. The van der Waals surface area contributed by atoms with Crippen LogP contribution in [-0.4, -0.2) is 26.0 Å². The van der Waals surface area contributed by atoms with Crippen LogP contribution in [0.25, 0.3) is 6.08 Å². The predicted molar refractivity (Wildman–Crippen MR) is 79.5 cm³/mol. The molecule has 0 aliphatic rings. The van der Waals surface area contributed by atoms with Crippen molar-refractivity contribution in [2.75, 3.05) is 6.61 Å². The summed E-state index contributed by atoms with van der Waals surface area (Å²) in [5.41, 5.74) is 0. The zero-order chi connectivity index (χ0) is 16.0. The van der Waals surface area contributed by atoms with Gasteiger partial charge in [0.15, 0.2) is 9.84 Å². The van der Waals surface area contributed by atoms with E-state index in [0.717, 1.165) is 0 Å². The number of esters is 1. The number of oxazole rings is 1. The second-order valence-corrected chi connectivity index (χ2v) is 6.31. The Balaban J connectivity index is 2.08. The molecule has 1 aromatic heterocycles. The number of aromatic nitrogens is 1. The molecule has 2 rings (SSSR count). The molecule has 0 spiro atoms. The van der Waals surface area contributed by atoms with Gasteiger partial charge < -0.3 is 9.15 Å². The molecule has 0 fully saturated rings. The fourth-order valence-electron chi connectivity index (χ4n) is 1.69. The van der Waals surface area contributed by atoms with Crippen molar-refractivity contribution >= 4 is 21.9 Å². The summed E-state index contributed by atoms with van der Waals surface area (Å²) >= 11 is 0. The van der Waals surface area contributed by atoms with E-state index in [0.29, 0.717) is 0 Å². The van der Waals surface area contributed by atoms with Crippen LogP contribution in [0.4, 0.5) is 0 Å². The van der Waals surface area contributed by atoms with Gasteiger partial charge in [-0.05, 0) is 19.1 Å². The maximum absolute atomic E-state index is 12.2. The molecule has 0 atom stereocenters. The second kappa shape index (κ2) is 7.04. The number of rotatable bonds is 6. The number of hydrogen-bond acceptors (Lipinski definition) is 6. The van der Waals surface area contributed by atoms with E-state index in [1.165, 1.54) is 30.5 Å². The second-order valence-electron chi connectivity index (χ2n) is 4.32. The molecule has 1 aromatic carbocycles. The molecular weight excluding hydrogens is 306 g/mol. The van der Waals surface area contributed by atoms with Gasteiger partial charge in [0.2, 0.25) is 5.89 Å². The molecule has 0 aliphatic heterocycles. The van der Waals surface area contributed by atoms with Gasteiger partial charge in [-0.25, -0.2) is 18.2 Å². The molecule has 0 N–H and O–H groups in total. The lowest BCUT2D eigenvalue weighted by atomic mass is 10.4. The molecule has 0 aliphatic carbocycles. The van der Waals surface area contributed by atoms with E-state index < -0.39 is 15.8 Å². The molecule has 2 aromatic rings. The Hall–Kier alpha value is -2.41. The minimum Gasteiger partial charge on any atom is -0.463 e. The van der Waals surface area contributed by atoms with Gasteiger partial charge >= 0.3 is 5.97 Å². The summed E-state index contributed by atoms with van der Waals surface area (Å²) in [5, 5.41) is 0. The Labute approximate surface area is 128 Å². The molecule has 0 saturated heterocycles. The molecule has 6 nitrogen and oxygen atoms in total. The number of sulfone groups is 1. The molecule has 0 amide bonds. The van der Waals surface area contributed by atoms with E-state index in [2.05, 4.69) is 4.98 Å². The molecule has 0 saturated carbocycles. The summed E-state index contributed by atoms with van der Waals surface area (Å²) in [6, 6.07) is 8.09. The average molecular weight is 321 g/mol. The van der Waals surface area contributed by atoms with Crippen molar-refractivity contribution in [1.29, 1.82) is 0 Å². The first-order valence-corrected chi connectivity index (χ1v) is 8.24. The van der Waals surface area contributed by atoms with Crippen molar-refractivity contribution in [3.8, 4) is 0 Å². The molecule has 0 unspecified atom stereocenters. The Morgan fingerprint density at radius 2 is 2.05 bits per heavy atom. The molecular formula is C15H15NO5S. The number of nitrogens with zero attached hydrogens (tertiary/aromatic N) is 1.